The first-order chi connectivity index (χ1) is 20.6. The van der Waals surface area contributed by atoms with Gasteiger partial charge in [-0.3, -0.25) is 24.3 Å². The zero-order valence-electron chi connectivity index (χ0n) is 25.5. The summed E-state index contributed by atoms with van der Waals surface area (Å²) in [6, 6.07) is 21.3. The van der Waals surface area contributed by atoms with Crippen LogP contribution >= 0.6 is 0 Å². The maximum absolute atomic E-state index is 13.4. The molecule has 3 heterocycles. The van der Waals surface area contributed by atoms with Crippen molar-refractivity contribution in [2.75, 3.05) is 37.0 Å². The number of fused-ring (bicyclic) bond motifs is 2. The van der Waals surface area contributed by atoms with Crippen LogP contribution in [-0.2, 0) is 40.6 Å². The van der Waals surface area contributed by atoms with E-state index < -0.39 is 5.41 Å². The van der Waals surface area contributed by atoms with Crippen molar-refractivity contribution in [1.29, 1.82) is 0 Å². The lowest BCUT2D eigenvalue weighted by Crippen LogP contribution is -2.47. The van der Waals surface area contributed by atoms with Gasteiger partial charge >= 0.3 is 0 Å². The molecule has 0 unspecified atom stereocenters. The largest absolute Gasteiger partial charge is 0.378 e. The van der Waals surface area contributed by atoms with Crippen LogP contribution in [0.3, 0.4) is 0 Å². The number of pyridine rings is 2. The quantitative estimate of drug-likeness (QED) is 0.255. The van der Waals surface area contributed by atoms with Crippen molar-refractivity contribution in [3.05, 3.63) is 100 Å². The Kier molecular flexibility index (Phi) is 8.75. The van der Waals surface area contributed by atoms with Crippen LogP contribution in [0.15, 0.2) is 77.7 Å². The van der Waals surface area contributed by atoms with Crippen molar-refractivity contribution in [2.24, 2.45) is 5.41 Å². The Morgan fingerprint density at radius 1 is 0.907 bits per heavy atom. The molecule has 0 saturated heterocycles. The number of methoxy groups -OCH3 is 1. The zero-order chi connectivity index (χ0) is 30.7. The first-order valence-electron chi connectivity index (χ1n) is 14.6. The van der Waals surface area contributed by atoms with E-state index in [1.165, 1.54) is 0 Å². The molecule has 0 N–H and O–H groups in total. The van der Waals surface area contributed by atoms with Crippen molar-refractivity contribution in [3.63, 3.8) is 0 Å². The van der Waals surface area contributed by atoms with Gasteiger partial charge in [-0.2, -0.15) is 0 Å². The fourth-order valence-electron chi connectivity index (χ4n) is 5.86. The summed E-state index contributed by atoms with van der Waals surface area (Å²) in [4.78, 5) is 49.8. The van der Waals surface area contributed by atoms with Crippen LogP contribution in [0.2, 0.25) is 0 Å². The van der Waals surface area contributed by atoms with Gasteiger partial charge in [0.05, 0.1) is 29.2 Å². The molecule has 2 amide bonds. The summed E-state index contributed by atoms with van der Waals surface area (Å²) in [5.74, 6) is -0.443. The molecule has 9 nitrogen and oxygen atoms in total. The van der Waals surface area contributed by atoms with Crippen LogP contribution in [0.1, 0.15) is 37.6 Å². The van der Waals surface area contributed by atoms with Gasteiger partial charge in [0.15, 0.2) is 0 Å². The van der Waals surface area contributed by atoms with Gasteiger partial charge in [-0.15, -0.1) is 0 Å². The second-order valence-electron chi connectivity index (χ2n) is 11.5. The van der Waals surface area contributed by atoms with Gasteiger partial charge in [-0.05, 0) is 67.6 Å². The minimum absolute atomic E-state index is 0.0443. The van der Waals surface area contributed by atoms with E-state index in [1.807, 2.05) is 66.1 Å². The molecule has 43 heavy (non-hydrogen) atoms. The van der Waals surface area contributed by atoms with E-state index >= 15 is 0 Å². The lowest BCUT2D eigenvalue weighted by Gasteiger charge is -2.27. The van der Waals surface area contributed by atoms with Gasteiger partial charge in [0.2, 0.25) is 11.8 Å². The summed E-state index contributed by atoms with van der Waals surface area (Å²) >= 11 is 0. The molecule has 5 rings (SSSR count). The summed E-state index contributed by atoms with van der Waals surface area (Å²) in [5.41, 5.74) is 4.01. The molecule has 9 heteroatoms. The smallest absolute Gasteiger partial charge is 0.251 e. The summed E-state index contributed by atoms with van der Waals surface area (Å²) in [6.07, 6.45) is 1.76. The summed E-state index contributed by atoms with van der Waals surface area (Å²) in [6.45, 7) is 8.38. The molecule has 1 aliphatic heterocycles. The van der Waals surface area contributed by atoms with E-state index in [0.717, 1.165) is 33.4 Å². The molecule has 4 aromatic rings. The molecule has 2 aromatic heterocycles. The van der Waals surface area contributed by atoms with Crippen molar-refractivity contribution in [1.82, 2.24) is 14.5 Å². The van der Waals surface area contributed by atoms with Crippen molar-refractivity contribution >= 4 is 34.1 Å². The Hall–Kier alpha value is -4.34. The van der Waals surface area contributed by atoms with E-state index in [1.54, 1.807) is 50.1 Å². The van der Waals surface area contributed by atoms with E-state index in [4.69, 9.17) is 4.74 Å². The molecule has 0 bridgehead atoms. The molecule has 0 spiro atoms. The number of aromatic nitrogens is 2. The monoisotopic (exact) mass is 581 g/mol. The van der Waals surface area contributed by atoms with Gasteiger partial charge in [0.1, 0.15) is 5.41 Å². The van der Waals surface area contributed by atoms with E-state index in [0.29, 0.717) is 45.0 Å². The predicted octanol–water partition coefficient (Wildman–Crippen LogP) is 4.60. The Labute approximate surface area is 252 Å². The van der Waals surface area contributed by atoms with Gasteiger partial charge in [0.25, 0.3) is 5.56 Å². The number of hydrogen-bond donors (Lipinski definition) is 0. The Balaban J connectivity index is 1.50. The first kappa shape index (κ1) is 30.1. The van der Waals surface area contributed by atoms with E-state index in [-0.39, 0.29) is 17.4 Å². The first-order valence-corrected chi connectivity index (χ1v) is 14.6. The summed E-state index contributed by atoms with van der Waals surface area (Å²) in [5, 5.41) is 1.01. The van der Waals surface area contributed by atoms with E-state index in [9.17, 15) is 14.4 Å². The number of carbonyl (C=O) groups excluding carboxylic acids is 2. The molecule has 0 radical (unpaired) electrons. The second-order valence-corrected chi connectivity index (χ2v) is 11.5. The number of carbonyl (C=O) groups is 2. The highest BCUT2D eigenvalue weighted by atomic mass is 16.5. The van der Waals surface area contributed by atoms with Gasteiger partial charge < -0.3 is 19.1 Å². The highest BCUT2D eigenvalue weighted by molar-refractivity contribution is 6.19. The average molecular weight is 582 g/mol. The van der Waals surface area contributed by atoms with Crippen LogP contribution in [0.4, 0.5) is 11.4 Å². The van der Waals surface area contributed by atoms with Gasteiger partial charge in [-0.25, -0.2) is 0 Å². The maximum Gasteiger partial charge on any atom is 0.251 e. The number of anilines is 2. The van der Waals surface area contributed by atoms with Crippen molar-refractivity contribution in [3.8, 4) is 0 Å². The molecular weight excluding hydrogens is 542 g/mol. The fraction of sp³-hybridized carbons (Fsp3) is 0.353. The lowest BCUT2D eigenvalue weighted by molar-refractivity contribution is -0.137. The number of amides is 2. The third kappa shape index (κ3) is 5.96. The Morgan fingerprint density at radius 2 is 1.70 bits per heavy atom. The molecule has 0 saturated carbocycles. The van der Waals surface area contributed by atoms with Crippen molar-refractivity contribution in [2.45, 2.75) is 47.0 Å². The van der Waals surface area contributed by atoms with Crippen LogP contribution in [0.25, 0.3) is 10.9 Å². The highest BCUT2D eigenvalue weighted by Gasteiger charge is 2.45. The standard InChI is InChI=1S/C34H39N5O4/c1-6-38-29-15-13-24(20-30(29)36(4)32(41)34(2,3)33(38)42)21-37(22-26-11-9-17-35-27(26)23-43-5)18-19-39-28-12-8-7-10-25(28)14-16-31(39)40/h7-17,20H,6,18-19,21-23H2,1-5H3. The minimum atomic E-state index is -1.17. The van der Waals surface area contributed by atoms with Crippen LogP contribution < -0.4 is 15.4 Å². The zero-order valence-corrected chi connectivity index (χ0v) is 25.5. The topological polar surface area (TPSA) is 88.0 Å². The van der Waals surface area contributed by atoms with Crippen LogP contribution in [0, 0.1) is 5.41 Å². The summed E-state index contributed by atoms with van der Waals surface area (Å²) in [7, 11) is 3.39. The second kappa shape index (κ2) is 12.5. The highest BCUT2D eigenvalue weighted by Crippen LogP contribution is 2.39. The summed E-state index contributed by atoms with van der Waals surface area (Å²) < 4.78 is 7.22. The predicted molar refractivity (Wildman–Crippen MR) is 169 cm³/mol. The average Bonchev–Trinajstić information content (AvgIpc) is 3.05. The lowest BCUT2D eigenvalue weighted by atomic mass is 9.90. The van der Waals surface area contributed by atoms with Gasteiger partial charge in [0, 0.05) is 59.1 Å². The Morgan fingerprint density at radius 3 is 2.47 bits per heavy atom. The molecule has 0 aliphatic carbocycles. The number of hydrogen-bond acceptors (Lipinski definition) is 6. The molecular formula is C34H39N5O4. The number of rotatable bonds is 10. The van der Waals surface area contributed by atoms with Crippen LogP contribution in [-0.4, -0.2) is 53.5 Å². The van der Waals surface area contributed by atoms with E-state index in [2.05, 4.69) is 16.0 Å². The molecule has 0 atom stereocenters. The SMILES string of the molecule is CCN1C(=O)C(C)(C)C(=O)N(C)c2cc(CN(CCn3c(=O)ccc4ccccc43)Cc3cccnc3COC)ccc21. The molecule has 0 fully saturated rings. The number of para-hydroxylation sites is 1. The maximum atomic E-state index is 13.4. The molecule has 224 valence electrons. The molecule has 2 aromatic carbocycles. The third-order valence-electron chi connectivity index (χ3n) is 8.23. The van der Waals surface area contributed by atoms with Crippen molar-refractivity contribution < 1.29 is 14.3 Å². The Bertz CT molecular complexity index is 1710. The molecule has 1 aliphatic rings. The number of benzene rings is 2. The minimum Gasteiger partial charge on any atom is -0.378 e. The normalized spacial score (nSPS) is 14.8. The number of nitrogens with zero attached hydrogens (tertiary/aromatic N) is 5. The van der Waals surface area contributed by atoms with Gasteiger partial charge in [-0.1, -0.05) is 30.3 Å². The third-order valence-corrected chi connectivity index (χ3v) is 8.23. The fourth-order valence-corrected chi connectivity index (χ4v) is 5.86. The van der Waals surface area contributed by atoms with Crippen LogP contribution in [0.5, 0.6) is 0 Å². The number of ether oxygens (including phenoxy) is 1.